The summed E-state index contributed by atoms with van der Waals surface area (Å²) in [6.07, 6.45) is 0. The summed E-state index contributed by atoms with van der Waals surface area (Å²) < 4.78 is 34.7. The number of hydrogen-bond donors (Lipinski definition) is 2. The van der Waals surface area contributed by atoms with Crippen LogP contribution in [0.5, 0.6) is 0 Å². The molecule has 32 heavy (non-hydrogen) atoms. The molecule has 166 valence electrons. The summed E-state index contributed by atoms with van der Waals surface area (Å²) in [5, 5.41) is 3.29. The Hall–Kier alpha value is -3.07. The molecule has 0 aliphatic carbocycles. The van der Waals surface area contributed by atoms with Gasteiger partial charge in [-0.1, -0.05) is 29.8 Å². The molecule has 0 bridgehead atoms. The van der Waals surface area contributed by atoms with Crippen LogP contribution in [0.2, 0.25) is 5.02 Å². The summed E-state index contributed by atoms with van der Waals surface area (Å²) in [7, 11) is -3.96. The zero-order chi connectivity index (χ0) is 22.6. The molecule has 0 atom stereocenters. The normalized spacial score (nSPS) is 14.1. The van der Waals surface area contributed by atoms with Gasteiger partial charge in [0.25, 0.3) is 15.9 Å². The fourth-order valence-corrected chi connectivity index (χ4v) is 4.83. The average molecular weight is 472 g/mol. The van der Waals surface area contributed by atoms with Gasteiger partial charge in [-0.15, -0.1) is 0 Å². The highest BCUT2D eigenvalue weighted by molar-refractivity contribution is 7.92. The molecule has 1 heterocycles. The van der Waals surface area contributed by atoms with Crippen molar-refractivity contribution in [3.8, 4) is 0 Å². The Labute approximate surface area is 192 Å². The molecule has 1 amide bonds. The second-order valence-corrected chi connectivity index (χ2v) is 9.30. The van der Waals surface area contributed by atoms with Gasteiger partial charge in [0, 0.05) is 35.1 Å². The predicted octanol–water partition coefficient (Wildman–Crippen LogP) is 4.23. The number of carbonyl (C=O) groups excluding carboxylic acids is 1. The van der Waals surface area contributed by atoms with E-state index in [0.29, 0.717) is 54.0 Å². The largest absolute Gasteiger partial charge is 0.378 e. The molecule has 1 saturated heterocycles. The van der Waals surface area contributed by atoms with Crippen LogP contribution in [0, 0.1) is 0 Å². The van der Waals surface area contributed by atoms with E-state index in [4.69, 9.17) is 16.3 Å². The molecular weight excluding hydrogens is 450 g/mol. The first-order chi connectivity index (χ1) is 15.4. The fourth-order valence-electron chi connectivity index (χ4n) is 3.39. The maximum atomic E-state index is 13.3. The molecule has 0 radical (unpaired) electrons. The third kappa shape index (κ3) is 5.21. The van der Waals surface area contributed by atoms with Gasteiger partial charge in [0.15, 0.2) is 0 Å². The molecule has 0 unspecified atom stereocenters. The number of morpholine rings is 1. The van der Waals surface area contributed by atoms with Crippen molar-refractivity contribution < 1.29 is 17.9 Å². The molecule has 7 nitrogen and oxygen atoms in total. The second-order valence-electron chi connectivity index (χ2n) is 7.21. The van der Waals surface area contributed by atoms with Gasteiger partial charge in [-0.25, -0.2) is 8.42 Å². The van der Waals surface area contributed by atoms with Crippen molar-refractivity contribution in [3.05, 3.63) is 83.4 Å². The number of carbonyl (C=O) groups is 1. The van der Waals surface area contributed by atoms with Crippen LogP contribution in [0.25, 0.3) is 0 Å². The van der Waals surface area contributed by atoms with E-state index in [1.165, 1.54) is 6.07 Å². The molecule has 1 aliphatic heterocycles. The monoisotopic (exact) mass is 471 g/mol. The van der Waals surface area contributed by atoms with Crippen LogP contribution < -0.4 is 14.9 Å². The van der Waals surface area contributed by atoms with Crippen molar-refractivity contribution in [2.45, 2.75) is 4.90 Å². The molecular formula is C23H22ClN3O4S. The third-order valence-corrected chi connectivity index (χ3v) is 6.65. The van der Waals surface area contributed by atoms with E-state index in [9.17, 15) is 13.2 Å². The minimum Gasteiger partial charge on any atom is -0.378 e. The number of hydrogen-bond acceptors (Lipinski definition) is 5. The van der Waals surface area contributed by atoms with Crippen molar-refractivity contribution >= 4 is 44.6 Å². The lowest BCUT2D eigenvalue weighted by Crippen LogP contribution is -2.37. The zero-order valence-corrected chi connectivity index (χ0v) is 18.7. The maximum Gasteiger partial charge on any atom is 0.264 e. The van der Waals surface area contributed by atoms with Crippen molar-refractivity contribution in [3.63, 3.8) is 0 Å². The summed E-state index contributed by atoms with van der Waals surface area (Å²) in [5.41, 5.74) is 1.80. The molecule has 1 aliphatic rings. The minimum atomic E-state index is -3.96. The summed E-state index contributed by atoms with van der Waals surface area (Å²) in [5.74, 6) is -0.321. The van der Waals surface area contributed by atoms with E-state index in [-0.39, 0.29) is 10.8 Å². The lowest BCUT2D eigenvalue weighted by Gasteiger charge is -2.30. The van der Waals surface area contributed by atoms with Crippen molar-refractivity contribution in [2.24, 2.45) is 0 Å². The number of sulfonamides is 1. The van der Waals surface area contributed by atoms with E-state index in [1.54, 1.807) is 60.7 Å². The van der Waals surface area contributed by atoms with Crippen LogP contribution in [0.1, 0.15) is 10.4 Å². The molecule has 0 spiro atoms. The Bertz CT molecular complexity index is 1200. The highest BCUT2D eigenvalue weighted by Gasteiger charge is 2.24. The Kier molecular flexibility index (Phi) is 6.64. The summed E-state index contributed by atoms with van der Waals surface area (Å²) in [6, 6.07) is 20.0. The van der Waals surface area contributed by atoms with Gasteiger partial charge in [-0.2, -0.15) is 0 Å². The van der Waals surface area contributed by atoms with Crippen LogP contribution in [0.3, 0.4) is 0 Å². The molecule has 0 saturated carbocycles. The number of amides is 1. The van der Waals surface area contributed by atoms with Crippen LogP contribution in [0.4, 0.5) is 17.1 Å². The number of nitrogens with zero attached hydrogens (tertiary/aromatic N) is 1. The molecule has 9 heteroatoms. The van der Waals surface area contributed by atoms with Gasteiger partial charge in [0.05, 0.1) is 18.9 Å². The van der Waals surface area contributed by atoms with Crippen LogP contribution in [0.15, 0.2) is 77.7 Å². The molecule has 3 aromatic carbocycles. The lowest BCUT2D eigenvalue weighted by molar-refractivity contribution is 0.102. The Morgan fingerprint density at radius 3 is 2.25 bits per heavy atom. The number of nitrogens with one attached hydrogen (secondary N) is 2. The predicted molar refractivity (Wildman–Crippen MR) is 126 cm³/mol. The van der Waals surface area contributed by atoms with Crippen LogP contribution >= 0.6 is 11.6 Å². The van der Waals surface area contributed by atoms with Crippen molar-refractivity contribution in [1.29, 1.82) is 0 Å². The number of halogens is 1. The molecule has 0 aromatic heterocycles. The van der Waals surface area contributed by atoms with Gasteiger partial charge in [-0.3, -0.25) is 9.52 Å². The minimum absolute atomic E-state index is 0.0696. The van der Waals surface area contributed by atoms with Gasteiger partial charge >= 0.3 is 0 Å². The van der Waals surface area contributed by atoms with Crippen LogP contribution in [-0.4, -0.2) is 40.6 Å². The Morgan fingerprint density at radius 1 is 0.906 bits per heavy atom. The van der Waals surface area contributed by atoms with E-state index >= 15 is 0 Å². The quantitative estimate of drug-likeness (QED) is 0.561. The smallest absolute Gasteiger partial charge is 0.264 e. The summed E-state index contributed by atoms with van der Waals surface area (Å²) >= 11 is 5.91. The lowest BCUT2D eigenvalue weighted by atomic mass is 10.2. The van der Waals surface area contributed by atoms with E-state index in [1.807, 2.05) is 11.0 Å². The number of anilines is 3. The number of rotatable bonds is 6. The van der Waals surface area contributed by atoms with Crippen molar-refractivity contribution in [2.75, 3.05) is 41.2 Å². The highest BCUT2D eigenvalue weighted by Crippen LogP contribution is 2.31. The first-order valence-corrected chi connectivity index (χ1v) is 11.9. The topological polar surface area (TPSA) is 87.7 Å². The van der Waals surface area contributed by atoms with Gasteiger partial charge in [-0.05, 0) is 54.6 Å². The first-order valence-electron chi connectivity index (χ1n) is 10.0. The zero-order valence-electron chi connectivity index (χ0n) is 17.1. The number of benzene rings is 3. The standard InChI is InChI=1S/C23H22ClN3O4S/c24-18-6-8-19(9-7-18)26-32(29,30)22-16-20(25-23(28)17-4-2-1-3-5-17)10-11-21(22)27-12-14-31-15-13-27/h1-11,16,26H,12-15H2,(H,25,28). The Morgan fingerprint density at radius 2 is 1.56 bits per heavy atom. The van der Waals surface area contributed by atoms with E-state index in [2.05, 4.69) is 10.0 Å². The SMILES string of the molecule is O=C(Nc1ccc(N2CCOCC2)c(S(=O)(=O)Nc2ccc(Cl)cc2)c1)c1ccccc1. The fraction of sp³-hybridized carbons (Fsp3) is 0.174. The Balaban J connectivity index is 1.68. The van der Waals surface area contributed by atoms with E-state index in [0.717, 1.165) is 0 Å². The maximum absolute atomic E-state index is 13.3. The molecule has 3 aromatic rings. The van der Waals surface area contributed by atoms with Gasteiger partial charge in [0.2, 0.25) is 0 Å². The molecule has 1 fully saturated rings. The number of ether oxygens (including phenoxy) is 1. The second kappa shape index (κ2) is 9.60. The van der Waals surface area contributed by atoms with E-state index < -0.39 is 10.0 Å². The third-order valence-electron chi connectivity index (χ3n) is 4.99. The molecule has 2 N–H and O–H groups in total. The highest BCUT2D eigenvalue weighted by atomic mass is 35.5. The van der Waals surface area contributed by atoms with Gasteiger partial charge < -0.3 is 15.0 Å². The van der Waals surface area contributed by atoms with Crippen molar-refractivity contribution in [1.82, 2.24) is 0 Å². The van der Waals surface area contributed by atoms with Gasteiger partial charge in [0.1, 0.15) is 4.90 Å². The summed E-state index contributed by atoms with van der Waals surface area (Å²) in [4.78, 5) is 14.6. The summed E-state index contributed by atoms with van der Waals surface area (Å²) in [6.45, 7) is 2.16. The molecule has 4 rings (SSSR count). The first kappa shape index (κ1) is 22.1. The average Bonchev–Trinajstić information content (AvgIpc) is 2.81. The van der Waals surface area contributed by atoms with Crippen LogP contribution in [-0.2, 0) is 14.8 Å².